The van der Waals surface area contributed by atoms with Crippen LogP contribution in [0.15, 0.2) is 65.2 Å². The van der Waals surface area contributed by atoms with Gasteiger partial charge in [-0.1, -0.05) is 35.5 Å². The molecule has 1 aliphatic rings. The predicted octanol–water partition coefficient (Wildman–Crippen LogP) is 2.42. The second-order valence-electron chi connectivity index (χ2n) is 7.25. The summed E-state index contributed by atoms with van der Waals surface area (Å²) in [5, 5.41) is 15.3. The number of aliphatic hydroxyl groups is 1. The van der Waals surface area contributed by atoms with E-state index in [9.17, 15) is 5.11 Å². The monoisotopic (exact) mass is 365 g/mol. The van der Waals surface area contributed by atoms with E-state index in [1.807, 2.05) is 36.4 Å². The summed E-state index contributed by atoms with van der Waals surface area (Å²) >= 11 is 0. The summed E-state index contributed by atoms with van der Waals surface area (Å²) in [7, 11) is 1.64. The molecule has 0 bridgehead atoms. The summed E-state index contributed by atoms with van der Waals surface area (Å²) in [5.74, 6) is 1.36. The fourth-order valence-corrected chi connectivity index (χ4v) is 3.72. The first-order valence-corrected chi connectivity index (χ1v) is 9.38. The van der Waals surface area contributed by atoms with Crippen molar-refractivity contribution in [2.75, 3.05) is 20.2 Å². The highest BCUT2D eigenvalue weighted by atomic mass is 16.5. The molecule has 0 atom stereocenters. The predicted molar refractivity (Wildman–Crippen MR) is 102 cm³/mol. The standard InChI is InChI=1S/C22H24N2O3/c1-26-19-9-7-18(8-10-19)20-15-21(27-23-20)22(25)11-13-24(14-12-22)16-17-5-3-2-4-6-17/h2-10,15,25H,11-14,16H2,1H3/p+1. The van der Waals surface area contributed by atoms with Crippen molar-refractivity contribution in [3.63, 3.8) is 0 Å². The normalized spacial score (nSPS) is 22.5. The molecule has 2 aromatic carbocycles. The van der Waals surface area contributed by atoms with E-state index in [1.165, 1.54) is 10.5 Å². The maximum Gasteiger partial charge on any atom is 0.169 e. The van der Waals surface area contributed by atoms with E-state index in [1.54, 1.807) is 7.11 Å². The number of methoxy groups -OCH3 is 1. The third kappa shape index (κ3) is 3.89. The summed E-state index contributed by atoms with van der Waals surface area (Å²) in [5.41, 5.74) is 2.08. The van der Waals surface area contributed by atoms with E-state index in [0.717, 1.165) is 36.6 Å². The Bertz CT molecular complexity index is 866. The van der Waals surface area contributed by atoms with Crippen molar-refractivity contribution < 1.29 is 19.3 Å². The van der Waals surface area contributed by atoms with Crippen LogP contribution in [0.2, 0.25) is 0 Å². The van der Waals surface area contributed by atoms with Gasteiger partial charge in [0.15, 0.2) is 5.76 Å². The van der Waals surface area contributed by atoms with Crippen molar-refractivity contribution in [1.82, 2.24) is 5.16 Å². The van der Waals surface area contributed by atoms with E-state index < -0.39 is 5.60 Å². The Balaban J connectivity index is 1.42. The number of hydrogen-bond donors (Lipinski definition) is 2. The molecular weight excluding hydrogens is 340 g/mol. The van der Waals surface area contributed by atoms with Crippen LogP contribution in [-0.4, -0.2) is 30.5 Å². The maximum absolute atomic E-state index is 11.1. The van der Waals surface area contributed by atoms with Crippen LogP contribution in [0.5, 0.6) is 5.75 Å². The smallest absolute Gasteiger partial charge is 0.169 e. The van der Waals surface area contributed by atoms with Crippen LogP contribution in [-0.2, 0) is 12.1 Å². The second kappa shape index (κ2) is 7.55. The minimum atomic E-state index is -0.933. The SMILES string of the molecule is COc1ccc(-c2cc(C3(O)CC[NH+](Cc4ccccc4)CC3)on2)cc1. The lowest BCUT2D eigenvalue weighted by Crippen LogP contribution is -3.12. The van der Waals surface area contributed by atoms with Gasteiger partial charge in [-0.3, -0.25) is 0 Å². The Hall–Kier alpha value is -2.63. The third-order valence-corrected chi connectivity index (χ3v) is 5.44. The zero-order valence-corrected chi connectivity index (χ0v) is 15.5. The van der Waals surface area contributed by atoms with Gasteiger partial charge in [0.2, 0.25) is 0 Å². The molecule has 4 rings (SSSR count). The molecule has 1 saturated heterocycles. The lowest BCUT2D eigenvalue weighted by atomic mass is 9.88. The van der Waals surface area contributed by atoms with Crippen LogP contribution in [0.25, 0.3) is 11.3 Å². The van der Waals surface area contributed by atoms with Crippen molar-refractivity contribution in [1.29, 1.82) is 0 Å². The van der Waals surface area contributed by atoms with Gasteiger partial charge in [-0.15, -0.1) is 0 Å². The quantitative estimate of drug-likeness (QED) is 0.729. The van der Waals surface area contributed by atoms with Crippen LogP contribution in [0.3, 0.4) is 0 Å². The van der Waals surface area contributed by atoms with Gasteiger partial charge in [-0.05, 0) is 24.3 Å². The van der Waals surface area contributed by atoms with Crippen LogP contribution < -0.4 is 9.64 Å². The van der Waals surface area contributed by atoms with Gasteiger partial charge >= 0.3 is 0 Å². The number of nitrogens with zero attached hydrogens (tertiary/aromatic N) is 1. The molecule has 0 aliphatic carbocycles. The molecule has 0 saturated carbocycles. The van der Waals surface area contributed by atoms with Crippen LogP contribution >= 0.6 is 0 Å². The second-order valence-corrected chi connectivity index (χ2v) is 7.25. The number of aromatic nitrogens is 1. The average molecular weight is 365 g/mol. The molecule has 1 aromatic heterocycles. The Morgan fingerprint density at radius 2 is 1.78 bits per heavy atom. The van der Waals surface area contributed by atoms with Crippen LogP contribution in [0.1, 0.15) is 24.2 Å². The Morgan fingerprint density at radius 3 is 2.44 bits per heavy atom. The highest BCUT2D eigenvalue weighted by Crippen LogP contribution is 2.32. The van der Waals surface area contributed by atoms with Crippen molar-refractivity contribution in [2.24, 2.45) is 0 Å². The summed E-state index contributed by atoms with van der Waals surface area (Å²) in [6.07, 6.45) is 1.35. The lowest BCUT2D eigenvalue weighted by molar-refractivity contribution is -0.921. The highest BCUT2D eigenvalue weighted by Gasteiger charge is 2.39. The fourth-order valence-electron chi connectivity index (χ4n) is 3.72. The first kappa shape index (κ1) is 17.8. The molecule has 0 spiro atoms. The molecule has 3 aromatic rings. The summed E-state index contributed by atoms with van der Waals surface area (Å²) in [4.78, 5) is 1.49. The fraction of sp³-hybridized carbons (Fsp3) is 0.318. The van der Waals surface area contributed by atoms with Gasteiger partial charge in [-0.25, -0.2) is 0 Å². The zero-order valence-electron chi connectivity index (χ0n) is 15.5. The number of rotatable bonds is 5. The molecule has 2 N–H and O–H groups in total. The van der Waals surface area contributed by atoms with Crippen molar-refractivity contribution in [2.45, 2.75) is 25.0 Å². The molecule has 0 amide bonds. The van der Waals surface area contributed by atoms with Gasteiger partial charge in [0, 0.05) is 30.0 Å². The minimum absolute atomic E-state index is 0.562. The maximum atomic E-state index is 11.1. The largest absolute Gasteiger partial charge is 0.497 e. The third-order valence-electron chi connectivity index (χ3n) is 5.44. The average Bonchev–Trinajstić information content (AvgIpc) is 3.22. The van der Waals surface area contributed by atoms with Gasteiger partial charge < -0.3 is 19.3 Å². The Kier molecular flexibility index (Phi) is 4.97. The topological polar surface area (TPSA) is 59.9 Å². The van der Waals surface area contributed by atoms with Crippen molar-refractivity contribution in [3.8, 4) is 17.0 Å². The van der Waals surface area contributed by atoms with E-state index >= 15 is 0 Å². The summed E-state index contributed by atoms with van der Waals surface area (Å²) in [6, 6.07) is 20.0. The molecule has 1 fully saturated rings. The van der Waals surface area contributed by atoms with Gasteiger partial charge in [0.1, 0.15) is 23.6 Å². The number of likely N-dealkylation sites (tertiary alicyclic amines) is 1. The molecular formula is C22H25N2O3+. The Morgan fingerprint density at radius 1 is 1.07 bits per heavy atom. The lowest BCUT2D eigenvalue weighted by Gasteiger charge is -2.34. The molecule has 2 heterocycles. The van der Waals surface area contributed by atoms with Crippen LogP contribution in [0, 0.1) is 0 Å². The molecule has 5 nitrogen and oxygen atoms in total. The first-order valence-electron chi connectivity index (χ1n) is 9.38. The molecule has 0 unspecified atom stereocenters. The zero-order chi connectivity index (χ0) is 18.7. The molecule has 0 radical (unpaired) electrons. The van der Waals surface area contributed by atoms with Crippen molar-refractivity contribution >= 4 is 0 Å². The highest BCUT2D eigenvalue weighted by molar-refractivity contribution is 5.60. The molecule has 27 heavy (non-hydrogen) atoms. The number of ether oxygens (including phenoxy) is 1. The minimum Gasteiger partial charge on any atom is -0.497 e. The summed E-state index contributed by atoms with van der Waals surface area (Å²) < 4.78 is 10.7. The van der Waals surface area contributed by atoms with E-state index in [0.29, 0.717) is 18.6 Å². The number of quaternary nitrogens is 1. The Labute approximate surface area is 159 Å². The van der Waals surface area contributed by atoms with E-state index in [2.05, 4.69) is 29.4 Å². The number of hydrogen-bond acceptors (Lipinski definition) is 4. The van der Waals surface area contributed by atoms with Gasteiger partial charge in [-0.2, -0.15) is 0 Å². The van der Waals surface area contributed by atoms with Gasteiger partial charge in [0.25, 0.3) is 0 Å². The number of benzene rings is 2. The van der Waals surface area contributed by atoms with Crippen molar-refractivity contribution in [3.05, 3.63) is 72.0 Å². The molecule has 140 valence electrons. The molecule has 5 heteroatoms. The number of piperidine rings is 1. The van der Waals surface area contributed by atoms with Gasteiger partial charge in [0.05, 0.1) is 20.2 Å². The van der Waals surface area contributed by atoms with E-state index in [-0.39, 0.29) is 0 Å². The summed E-state index contributed by atoms with van der Waals surface area (Å²) in [6.45, 7) is 2.80. The molecule has 1 aliphatic heterocycles. The first-order chi connectivity index (χ1) is 13.2. The van der Waals surface area contributed by atoms with Crippen LogP contribution in [0.4, 0.5) is 0 Å². The van der Waals surface area contributed by atoms with E-state index in [4.69, 9.17) is 9.26 Å². The number of nitrogens with one attached hydrogen (secondary N) is 1.